The summed E-state index contributed by atoms with van der Waals surface area (Å²) < 4.78 is 0. The second kappa shape index (κ2) is 7.77. The molecule has 0 unspecified atom stereocenters. The molecular formula is C23H19ClN2O. The predicted molar refractivity (Wildman–Crippen MR) is 109 cm³/mol. The Morgan fingerprint density at radius 2 is 1.33 bits per heavy atom. The highest BCUT2D eigenvalue weighted by molar-refractivity contribution is 6.27. The Hall–Kier alpha value is -2.91. The van der Waals surface area contributed by atoms with Crippen LogP contribution in [0.1, 0.15) is 28.7 Å². The van der Waals surface area contributed by atoms with Gasteiger partial charge in [-0.2, -0.15) is 5.10 Å². The maximum absolute atomic E-state index is 12.6. The fraction of sp³-hybridized carbons (Fsp3) is 0.130. The van der Waals surface area contributed by atoms with Crippen LogP contribution < -0.4 is 0 Å². The highest BCUT2D eigenvalue weighted by Gasteiger charge is 2.42. The van der Waals surface area contributed by atoms with E-state index in [1.165, 1.54) is 0 Å². The molecule has 27 heavy (non-hydrogen) atoms. The molecule has 0 fully saturated rings. The molecule has 0 saturated carbocycles. The van der Waals surface area contributed by atoms with E-state index >= 15 is 0 Å². The molecule has 1 heterocycles. The van der Waals surface area contributed by atoms with E-state index in [0.717, 1.165) is 22.4 Å². The molecule has 4 heteroatoms. The summed E-state index contributed by atoms with van der Waals surface area (Å²) in [4.78, 5) is 12.6. The summed E-state index contributed by atoms with van der Waals surface area (Å²) in [5, 5.41) is 6.32. The van der Waals surface area contributed by atoms with Gasteiger partial charge in [-0.3, -0.25) is 4.79 Å². The summed E-state index contributed by atoms with van der Waals surface area (Å²) in [5.41, 5.74) is 4.06. The van der Waals surface area contributed by atoms with Crippen LogP contribution in [0.4, 0.5) is 0 Å². The first kappa shape index (κ1) is 17.5. The molecule has 3 nitrogen and oxygen atoms in total. The second-order valence-electron chi connectivity index (χ2n) is 6.47. The third kappa shape index (κ3) is 3.38. The van der Waals surface area contributed by atoms with Crippen molar-refractivity contribution in [2.75, 3.05) is 5.88 Å². The molecule has 3 aromatic rings. The zero-order chi connectivity index (χ0) is 18.6. The van der Waals surface area contributed by atoms with Crippen molar-refractivity contribution in [1.82, 2.24) is 5.01 Å². The Bertz CT molecular complexity index is 942. The number of amides is 1. The number of hydrogen-bond acceptors (Lipinski definition) is 2. The van der Waals surface area contributed by atoms with Crippen molar-refractivity contribution < 1.29 is 4.79 Å². The Kier molecular flexibility index (Phi) is 5.03. The van der Waals surface area contributed by atoms with Crippen molar-refractivity contribution >= 4 is 23.2 Å². The van der Waals surface area contributed by atoms with Gasteiger partial charge in [-0.25, -0.2) is 5.01 Å². The molecule has 2 atom stereocenters. The van der Waals surface area contributed by atoms with Crippen LogP contribution in [0.2, 0.25) is 0 Å². The molecule has 1 aliphatic heterocycles. The van der Waals surface area contributed by atoms with Gasteiger partial charge < -0.3 is 0 Å². The third-order valence-electron chi connectivity index (χ3n) is 4.83. The lowest BCUT2D eigenvalue weighted by Gasteiger charge is -2.27. The van der Waals surface area contributed by atoms with E-state index in [9.17, 15) is 4.79 Å². The van der Waals surface area contributed by atoms with Crippen molar-refractivity contribution in [2.45, 2.75) is 12.0 Å². The number of alkyl halides is 1. The molecule has 0 N–H and O–H groups in total. The van der Waals surface area contributed by atoms with Crippen LogP contribution in [-0.2, 0) is 4.79 Å². The number of carbonyl (C=O) groups excluding carboxylic acids is 1. The van der Waals surface area contributed by atoms with Gasteiger partial charge in [0.15, 0.2) is 0 Å². The van der Waals surface area contributed by atoms with E-state index in [1.54, 1.807) is 5.01 Å². The summed E-state index contributed by atoms with van der Waals surface area (Å²) in [6, 6.07) is 30.0. The largest absolute Gasteiger partial charge is 0.272 e. The molecule has 1 aliphatic rings. The fourth-order valence-electron chi connectivity index (χ4n) is 3.63. The molecule has 0 bridgehead atoms. The van der Waals surface area contributed by atoms with E-state index in [1.807, 2.05) is 78.9 Å². The minimum absolute atomic E-state index is 0.0665. The minimum atomic E-state index is -0.227. The first-order valence-electron chi connectivity index (χ1n) is 8.91. The van der Waals surface area contributed by atoms with E-state index < -0.39 is 0 Å². The number of hydrogen-bond donors (Lipinski definition) is 0. The highest BCUT2D eigenvalue weighted by atomic mass is 35.5. The lowest BCUT2D eigenvalue weighted by molar-refractivity contribution is -0.130. The molecular weight excluding hydrogens is 356 g/mol. The molecule has 134 valence electrons. The van der Waals surface area contributed by atoms with Crippen LogP contribution in [0.3, 0.4) is 0 Å². The minimum Gasteiger partial charge on any atom is -0.272 e. The summed E-state index contributed by atoms with van der Waals surface area (Å²) in [6.07, 6.45) is 0. The molecule has 1 amide bonds. The van der Waals surface area contributed by atoms with Gasteiger partial charge in [0.25, 0.3) is 5.91 Å². The van der Waals surface area contributed by atoms with Crippen LogP contribution in [0.25, 0.3) is 0 Å². The molecule has 0 radical (unpaired) electrons. The summed E-state index contributed by atoms with van der Waals surface area (Å²) in [7, 11) is 0. The van der Waals surface area contributed by atoms with Crippen molar-refractivity contribution in [3.05, 3.63) is 108 Å². The maximum atomic E-state index is 12.6. The van der Waals surface area contributed by atoms with Gasteiger partial charge >= 0.3 is 0 Å². The molecule has 0 aliphatic carbocycles. The van der Waals surface area contributed by atoms with Crippen LogP contribution in [0.5, 0.6) is 0 Å². The van der Waals surface area contributed by atoms with E-state index in [-0.39, 0.29) is 23.7 Å². The summed E-state index contributed by atoms with van der Waals surface area (Å²) in [5.74, 6) is -0.364. The van der Waals surface area contributed by atoms with Gasteiger partial charge in [0.2, 0.25) is 0 Å². The van der Waals surface area contributed by atoms with E-state index in [4.69, 9.17) is 16.7 Å². The van der Waals surface area contributed by atoms with Crippen LogP contribution in [0, 0.1) is 0 Å². The molecule has 0 aromatic heterocycles. The standard InChI is InChI=1S/C23H19ClN2O/c24-16-20(27)26-23(19-14-8-3-9-15-19)21(17-10-4-1-5-11-17)22(25-26)18-12-6-2-7-13-18/h1-15,21,23H,16H2/t21-,23-/m0/s1. The number of rotatable bonds is 4. The number of hydrazone groups is 1. The van der Waals surface area contributed by atoms with Gasteiger partial charge in [-0.05, 0) is 16.7 Å². The average Bonchev–Trinajstić information content (AvgIpc) is 3.16. The molecule has 3 aromatic carbocycles. The monoisotopic (exact) mass is 374 g/mol. The fourth-order valence-corrected chi connectivity index (χ4v) is 3.76. The van der Waals surface area contributed by atoms with Gasteiger partial charge in [0.1, 0.15) is 5.88 Å². The van der Waals surface area contributed by atoms with E-state index in [0.29, 0.717) is 0 Å². The first-order valence-corrected chi connectivity index (χ1v) is 9.45. The lowest BCUT2D eigenvalue weighted by atomic mass is 9.82. The van der Waals surface area contributed by atoms with Crippen molar-refractivity contribution in [2.24, 2.45) is 5.10 Å². The van der Waals surface area contributed by atoms with Crippen molar-refractivity contribution in [3.63, 3.8) is 0 Å². The van der Waals surface area contributed by atoms with Gasteiger partial charge in [-0.15, -0.1) is 11.6 Å². The Morgan fingerprint density at radius 3 is 1.89 bits per heavy atom. The first-order chi connectivity index (χ1) is 13.3. The maximum Gasteiger partial charge on any atom is 0.258 e. The Balaban J connectivity index is 1.90. The summed E-state index contributed by atoms with van der Waals surface area (Å²) in [6.45, 7) is 0. The van der Waals surface area contributed by atoms with Gasteiger partial charge in [-0.1, -0.05) is 91.0 Å². The quantitative estimate of drug-likeness (QED) is 0.591. The normalized spacial score (nSPS) is 19.0. The topological polar surface area (TPSA) is 32.7 Å². The Labute approximate surface area is 163 Å². The van der Waals surface area contributed by atoms with Crippen LogP contribution in [0.15, 0.2) is 96.1 Å². The van der Waals surface area contributed by atoms with Gasteiger partial charge in [0, 0.05) is 0 Å². The lowest BCUT2D eigenvalue weighted by Crippen LogP contribution is -2.30. The summed E-state index contributed by atoms with van der Waals surface area (Å²) >= 11 is 5.91. The second-order valence-corrected chi connectivity index (χ2v) is 6.73. The number of carbonyl (C=O) groups is 1. The van der Waals surface area contributed by atoms with Crippen molar-refractivity contribution in [3.8, 4) is 0 Å². The number of benzene rings is 3. The molecule has 4 rings (SSSR count). The SMILES string of the molecule is O=C(CCl)N1N=C(c2ccccc2)[C@H](c2ccccc2)[C@@H]1c1ccccc1. The number of halogens is 1. The van der Waals surface area contributed by atoms with Crippen LogP contribution in [-0.4, -0.2) is 22.5 Å². The predicted octanol–water partition coefficient (Wildman–Crippen LogP) is 5.00. The zero-order valence-corrected chi connectivity index (χ0v) is 15.5. The van der Waals surface area contributed by atoms with Crippen LogP contribution >= 0.6 is 11.6 Å². The zero-order valence-electron chi connectivity index (χ0n) is 14.7. The smallest absolute Gasteiger partial charge is 0.258 e. The average molecular weight is 375 g/mol. The van der Waals surface area contributed by atoms with Crippen molar-refractivity contribution in [1.29, 1.82) is 0 Å². The molecule has 0 saturated heterocycles. The highest BCUT2D eigenvalue weighted by Crippen LogP contribution is 2.43. The van der Waals surface area contributed by atoms with E-state index in [2.05, 4.69) is 12.1 Å². The molecule has 0 spiro atoms. The number of nitrogens with zero attached hydrogens (tertiary/aromatic N) is 2. The van der Waals surface area contributed by atoms with Gasteiger partial charge in [0.05, 0.1) is 17.7 Å². The Morgan fingerprint density at radius 1 is 0.815 bits per heavy atom. The third-order valence-corrected chi connectivity index (χ3v) is 5.06.